The number of rotatable bonds is 7. The lowest BCUT2D eigenvalue weighted by atomic mass is 9.81. The monoisotopic (exact) mass is 794 g/mol. The summed E-state index contributed by atoms with van der Waals surface area (Å²) in [7, 11) is 5.09. The van der Waals surface area contributed by atoms with E-state index in [1.54, 1.807) is 22.9 Å². The Bertz CT molecular complexity index is 1740. The van der Waals surface area contributed by atoms with Crippen molar-refractivity contribution >= 4 is 33.3 Å². The van der Waals surface area contributed by atoms with Crippen LogP contribution in [0, 0.1) is 29.6 Å². The summed E-state index contributed by atoms with van der Waals surface area (Å²) < 4.78 is 18.7. The number of phenols is 1. The molecule has 7 N–H and O–H groups in total. The first kappa shape index (κ1) is 41.4. The molecule has 1 fully saturated rings. The van der Waals surface area contributed by atoms with Crippen LogP contribution in [-0.2, 0) is 30.5 Å². The zero-order valence-corrected chi connectivity index (χ0v) is 34.0. The van der Waals surface area contributed by atoms with Crippen molar-refractivity contribution < 1.29 is 34.3 Å². The summed E-state index contributed by atoms with van der Waals surface area (Å²) in [6, 6.07) is 6.02. The summed E-state index contributed by atoms with van der Waals surface area (Å²) >= 11 is 0. The summed E-state index contributed by atoms with van der Waals surface area (Å²) in [6.45, 7) is 5.07. The second kappa shape index (κ2) is 19.7. The Balaban J connectivity index is 1.38. The van der Waals surface area contributed by atoms with Gasteiger partial charge in [-0.1, -0.05) is 78.7 Å². The third kappa shape index (κ3) is 10.8. The van der Waals surface area contributed by atoms with E-state index in [2.05, 4.69) is 42.4 Å². The van der Waals surface area contributed by atoms with Crippen molar-refractivity contribution in [1.82, 2.24) is 10.6 Å². The van der Waals surface area contributed by atoms with Crippen molar-refractivity contribution in [2.75, 3.05) is 31.9 Å². The Morgan fingerprint density at radius 3 is 2.62 bits per heavy atom. The molecule has 5 atom stereocenters. The maximum atomic E-state index is 13.1. The van der Waals surface area contributed by atoms with E-state index in [9.17, 15) is 20.1 Å². The number of Topliss-reactive ketones (excluding diaryl/α,β-unsaturated/α-hetero) is 1. The number of aliphatic imine (C=N–C) groups is 1. The number of aryl methyl sites for hydroxylation is 2. The lowest BCUT2D eigenvalue weighted by molar-refractivity contribution is -0.121. The Morgan fingerprint density at radius 1 is 1.04 bits per heavy atom. The van der Waals surface area contributed by atoms with Crippen molar-refractivity contribution in [2.24, 2.45) is 28.5 Å². The zero-order chi connectivity index (χ0) is 38.9. The van der Waals surface area contributed by atoms with Gasteiger partial charge >= 0.3 is 0 Å². The molecule has 0 unspecified atom stereocenters. The van der Waals surface area contributed by atoms with Crippen LogP contribution < -0.4 is 30.6 Å². The minimum Gasteiger partial charge on any atom is -0.504 e. The summed E-state index contributed by atoms with van der Waals surface area (Å²) in [6.07, 6.45) is 6.30. The van der Waals surface area contributed by atoms with Crippen LogP contribution in [-0.4, -0.2) is 83.4 Å². The molecule has 0 saturated heterocycles. The fourth-order valence-corrected chi connectivity index (χ4v) is 10.9. The van der Waals surface area contributed by atoms with Gasteiger partial charge in [-0.2, -0.15) is 0 Å². The van der Waals surface area contributed by atoms with Crippen LogP contribution in [0.5, 0.6) is 23.0 Å². The van der Waals surface area contributed by atoms with Crippen molar-refractivity contribution in [3.05, 3.63) is 46.0 Å². The molecule has 2 aromatic rings. The van der Waals surface area contributed by atoms with Crippen molar-refractivity contribution in [1.29, 1.82) is 0 Å². The van der Waals surface area contributed by atoms with E-state index >= 15 is 0 Å². The zero-order valence-electron chi connectivity index (χ0n) is 32.4. The van der Waals surface area contributed by atoms with Gasteiger partial charge in [-0.05, 0) is 67.6 Å². The molecule has 300 valence electrons. The maximum Gasteiger partial charge on any atom is 0.201 e. The topological polar surface area (TPSA) is 168 Å². The van der Waals surface area contributed by atoms with E-state index < -0.39 is 12.4 Å². The number of carbonyl (C=O) groups is 1. The minimum atomic E-state index is -1.11. The third-order valence-electron chi connectivity index (χ3n) is 11.4. The molecule has 13 heteroatoms. The fraction of sp³-hybridized carbons (Fsp3) is 0.619. The summed E-state index contributed by atoms with van der Waals surface area (Å²) in [5, 5.41) is 40.5. The highest BCUT2D eigenvalue weighted by Crippen LogP contribution is 2.46. The van der Waals surface area contributed by atoms with Gasteiger partial charge in [0.1, 0.15) is 12.5 Å². The average Bonchev–Trinajstić information content (AvgIpc) is 3.17. The van der Waals surface area contributed by atoms with E-state index in [1.165, 1.54) is 26.4 Å². The minimum absolute atomic E-state index is 0.0244. The maximum absolute atomic E-state index is 13.1. The Kier molecular flexibility index (Phi) is 14.8. The highest BCUT2D eigenvalue weighted by Gasteiger charge is 2.38. The number of ether oxygens (including phenoxy) is 3. The molecule has 2 aliphatic carbocycles. The quantitative estimate of drug-likeness (QED) is 0.122. The number of phenolic OH excluding ortho intramolecular Hbond substituents is 1. The Hall–Kier alpha value is -3.28. The van der Waals surface area contributed by atoms with Crippen molar-refractivity contribution in [3.8, 4) is 34.8 Å². The number of benzene rings is 2. The van der Waals surface area contributed by atoms with Crippen molar-refractivity contribution in [3.63, 3.8) is 0 Å². The number of carbonyl (C=O) groups excluding carboxylic acids is 1. The van der Waals surface area contributed by atoms with Crippen LogP contribution in [0.1, 0.15) is 93.0 Å². The lowest BCUT2D eigenvalue weighted by Gasteiger charge is -2.37. The van der Waals surface area contributed by atoms with Crippen molar-refractivity contribution in [2.45, 2.75) is 115 Å². The molecule has 0 aromatic heterocycles. The largest absolute Gasteiger partial charge is 0.504 e. The summed E-state index contributed by atoms with van der Waals surface area (Å²) in [5.41, 5.74) is 10.4. The number of aliphatic hydroxyl groups excluding tert-OH is 2. The predicted octanol–water partition coefficient (Wildman–Crippen LogP) is 5.26. The van der Waals surface area contributed by atoms with Gasteiger partial charge in [0, 0.05) is 66.4 Å². The number of ketones is 1. The standard InChI is InChI=1S/C42H58N4O7S2/c1-25(2)36-23-55-54-22-29(21-44-42(43)46-36)35-20-34-27-13-16-32(48)19-31(47)15-12-26-14-17-37(49)39(51-3)33(26)11-7-8-28(18-27)38(40(34)53-41(35)50)52-24-45-30-9-5-4-6-10-30/h14,17-18,25,29-30,32,35-36,41,45,48-50H,4-6,8-10,12-13,15-16,19-24H2,1-3H3,(H3,43,44,46)/t29-,32-,35+,36-,41+/m1/s1. The number of methoxy groups -OCH3 is 1. The van der Waals surface area contributed by atoms with Gasteiger partial charge in [-0.15, -0.1) is 0 Å². The smallest absolute Gasteiger partial charge is 0.201 e. The van der Waals surface area contributed by atoms with Gasteiger partial charge in [0.2, 0.25) is 6.29 Å². The highest BCUT2D eigenvalue weighted by atomic mass is 33.1. The molecule has 0 amide bonds. The Morgan fingerprint density at radius 2 is 1.84 bits per heavy atom. The first-order valence-corrected chi connectivity index (χ1v) is 22.4. The van der Waals surface area contributed by atoms with Gasteiger partial charge in [-0.3, -0.25) is 15.1 Å². The number of hydrogen-bond acceptors (Lipinski definition) is 13. The molecule has 11 nitrogen and oxygen atoms in total. The number of aliphatic hydroxyl groups is 2. The van der Waals surface area contributed by atoms with Crippen LogP contribution >= 0.6 is 21.6 Å². The number of nitrogens with two attached hydrogens (primary N) is 1. The number of nitrogens with zero attached hydrogens (tertiary/aromatic N) is 1. The molecule has 2 aliphatic heterocycles. The van der Waals surface area contributed by atoms with Crippen LogP contribution in [0.2, 0.25) is 0 Å². The summed E-state index contributed by atoms with van der Waals surface area (Å²) in [4.78, 5) is 17.8. The van der Waals surface area contributed by atoms with Gasteiger partial charge in [0.05, 0.1) is 18.8 Å². The third-order valence-corrected chi connectivity index (χ3v) is 13.9. The molecule has 6 rings (SSSR count). The molecule has 4 aliphatic rings. The number of nitrogens with one attached hydrogen (secondary N) is 2. The van der Waals surface area contributed by atoms with Crippen LogP contribution in [0.4, 0.5) is 0 Å². The second-order valence-electron chi connectivity index (χ2n) is 15.7. The SMILES string of the molecule is COc1c(O)ccc2c1C#CCc1cc(c3c(c1OCNC1CCCCC1)O[C@H](O)[C@H]([C@@H]1CN=C(N)N[C@@H](C(C)C)CSSC1)C3)CC[C@@H](O)CC(=O)CC2. The molecule has 0 radical (unpaired) electrons. The molecule has 2 aromatic carbocycles. The van der Waals surface area contributed by atoms with E-state index in [0.717, 1.165) is 46.6 Å². The molecular formula is C42H58N4O7S2. The van der Waals surface area contributed by atoms with Gasteiger partial charge < -0.3 is 40.6 Å². The van der Waals surface area contributed by atoms with Gasteiger partial charge in [0.15, 0.2) is 29.0 Å². The van der Waals surface area contributed by atoms with E-state index in [1.807, 2.05) is 10.8 Å². The first-order chi connectivity index (χ1) is 26.6. The number of guanidine groups is 1. The molecular weight excluding hydrogens is 737 g/mol. The number of hydrogen-bond donors (Lipinski definition) is 6. The molecule has 2 heterocycles. The molecule has 0 spiro atoms. The second-order valence-corrected chi connectivity index (χ2v) is 18.2. The normalized spacial score (nSPS) is 25.7. The molecule has 2 bridgehead atoms. The highest BCUT2D eigenvalue weighted by molar-refractivity contribution is 8.76. The van der Waals surface area contributed by atoms with E-state index in [0.29, 0.717) is 67.2 Å². The van der Waals surface area contributed by atoms with E-state index in [4.69, 9.17) is 24.9 Å². The number of fused-ring (bicyclic) bond motifs is 5. The number of aromatic hydroxyl groups is 1. The van der Waals surface area contributed by atoms with Crippen LogP contribution in [0.25, 0.3) is 0 Å². The first-order valence-electron chi connectivity index (χ1n) is 19.9. The average molecular weight is 795 g/mol. The van der Waals surface area contributed by atoms with Gasteiger partial charge in [-0.25, -0.2) is 0 Å². The van der Waals surface area contributed by atoms with Crippen LogP contribution in [0.3, 0.4) is 0 Å². The summed E-state index contributed by atoms with van der Waals surface area (Å²) in [5.74, 6) is 9.96. The Labute approximate surface area is 333 Å². The lowest BCUT2D eigenvalue weighted by Crippen LogP contribution is -2.45. The predicted molar refractivity (Wildman–Crippen MR) is 220 cm³/mol. The van der Waals surface area contributed by atoms with E-state index in [-0.39, 0.29) is 61.2 Å². The van der Waals surface area contributed by atoms with Crippen LogP contribution in [0.15, 0.2) is 23.2 Å². The molecule has 55 heavy (non-hydrogen) atoms. The van der Waals surface area contributed by atoms with Gasteiger partial charge in [0.25, 0.3) is 0 Å². The molecule has 1 saturated carbocycles. The fourth-order valence-electron chi connectivity index (χ4n) is 8.01.